The Balaban J connectivity index is 1.61. The van der Waals surface area contributed by atoms with E-state index in [0.717, 1.165) is 51.9 Å². The van der Waals surface area contributed by atoms with Crippen molar-refractivity contribution in [2.24, 2.45) is 4.99 Å². The summed E-state index contributed by atoms with van der Waals surface area (Å²) in [5.74, 6) is 0.888. The summed E-state index contributed by atoms with van der Waals surface area (Å²) in [6.45, 7) is 13.9. The summed E-state index contributed by atoms with van der Waals surface area (Å²) in [6, 6.07) is 6.79. The van der Waals surface area contributed by atoms with Crippen molar-refractivity contribution in [2.45, 2.75) is 45.7 Å². The molecule has 28 heavy (non-hydrogen) atoms. The lowest BCUT2D eigenvalue weighted by atomic mass is 10.00. The van der Waals surface area contributed by atoms with Gasteiger partial charge in [0.1, 0.15) is 0 Å². The Morgan fingerprint density at radius 1 is 1.18 bits per heavy atom. The molecular weight excluding hydrogens is 350 g/mol. The zero-order chi connectivity index (χ0) is 20.0. The predicted molar refractivity (Wildman–Crippen MR) is 117 cm³/mol. The summed E-state index contributed by atoms with van der Waals surface area (Å²) in [5, 5.41) is 6.93. The van der Waals surface area contributed by atoms with E-state index in [2.05, 4.69) is 66.5 Å². The fourth-order valence-electron chi connectivity index (χ4n) is 4.03. The molecule has 0 bridgehead atoms. The molecule has 6 nitrogen and oxygen atoms in total. The third-order valence-electron chi connectivity index (χ3n) is 5.81. The summed E-state index contributed by atoms with van der Waals surface area (Å²) >= 11 is 0. The lowest BCUT2D eigenvalue weighted by Crippen LogP contribution is -2.56. The smallest absolute Gasteiger partial charge is 0.191 e. The van der Waals surface area contributed by atoms with Crippen LogP contribution in [0.4, 0.5) is 5.69 Å². The van der Waals surface area contributed by atoms with E-state index in [0.29, 0.717) is 6.54 Å². The van der Waals surface area contributed by atoms with Gasteiger partial charge in [0.05, 0.1) is 19.8 Å². The molecule has 2 aliphatic heterocycles. The highest BCUT2D eigenvalue weighted by Crippen LogP contribution is 2.27. The largest absolute Gasteiger partial charge is 0.379 e. The minimum absolute atomic E-state index is 0.0658. The Hall–Kier alpha value is -1.79. The van der Waals surface area contributed by atoms with E-state index >= 15 is 0 Å². The topological polar surface area (TPSA) is 52.1 Å². The fourth-order valence-corrected chi connectivity index (χ4v) is 4.03. The fraction of sp³-hybridized carbons (Fsp3) is 0.682. The number of ether oxygens (including phenoxy) is 1. The molecule has 1 fully saturated rings. The molecule has 6 heteroatoms. The van der Waals surface area contributed by atoms with Gasteiger partial charge in [-0.25, -0.2) is 4.99 Å². The number of benzene rings is 1. The molecule has 0 aromatic heterocycles. The predicted octanol–water partition coefficient (Wildman–Crippen LogP) is 2.23. The van der Waals surface area contributed by atoms with Crippen LogP contribution < -0.4 is 15.5 Å². The number of hydrogen-bond donors (Lipinski definition) is 2. The first-order valence-corrected chi connectivity index (χ1v) is 10.7. The molecule has 0 amide bonds. The molecule has 1 aromatic rings. The highest BCUT2D eigenvalue weighted by molar-refractivity contribution is 5.79. The van der Waals surface area contributed by atoms with E-state index in [-0.39, 0.29) is 5.54 Å². The van der Waals surface area contributed by atoms with E-state index in [4.69, 9.17) is 9.73 Å². The standard InChI is InChI=1S/C22H37N5O/c1-5-23-21(25-17-22(2,3)27-11-13-28-14-12-27)24-16-18-8-9-20-19(15-18)7-6-10-26(20)4/h8-9,15H,5-7,10-14,16-17H2,1-4H3,(H2,23,24,25). The van der Waals surface area contributed by atoms with Crippen LogP contribution in [-0.2, 0) is 17.7 Å². The molecule has 0 unspecified atom stereocenters. The minimum atomic E-state index is 0.0658. The molecule has 2 aliphatic rings. The Morgan fingerprint density at radius 3 is 2.71 bits per heavy atom. The van der Waals surface area contributed by atoms with Crippen LogP contribution in [0.25, 0.3) is 0 Å². The first-order valence-electron chi connectivity index (χ1n) is 10.7. The molecule has 156 valence electrons. The number of rotatable bonds is 6. The van der Waals surface area contributed by atoms with Gasteiger partial charge in [0, 0.05) is 51.0 Å². The molecule has 2 N–H and O–H groups in total. The molecule has 0 atom stereocenters. The summed E-state index contributed by atoms with van der Waals surface area (Å²) < 4.78 is 5.49. The van der Waals surface area contributed by atoms with Crippen molar-refractivity contribution in [3.05, 3.63) is 29.3 Å². The lowest BCUT2D eigenvalue weighted by molar-refractivity contribution is -0.00834. The molecule has 0 radical (unpaired) electrons. The number of anilines is 1. The van der Waals surface area contributed by atoms with Crippen LogP contribution in [0.5, 0.6) is 0 Å². The Bertz CT molecular complexity index is 667. The van der Waals surface area contributed by atoms with Gasteiger partial charge in [0.2, 0.25) is 0 Å². The van der Waals surface area contributed by atoms with Crippen LogP contribution in [0.2, 0.25) is 0 Å². The van der Waals surface area contributed by atoms with Crippen molar-refractivity contribution >= 4 is 11.6 Å². The van der Waals surface area contributed by atoms with E-state index in [1.54, 1.807) is 0 Å². The molecular formula is C22H37N5O. The average molecular weight is 388 g/mol. The quantitative estimate of drug-likeness (QED) is 0.579. The van der Waals surface area contributed by atoms with Crippen molar-refractivity contribution in [1.29, 1.82) is 0 Å². The van der Waals surface area contributed by atoms with E-state index in [9.17, 15) is 0 Å². The van der Waals surface area contributed by atoms with E-state index < -0.39 is 0 Å². The number of nitrogens with zero attached hydrogens (tertiary/aromatic N) is 3. The number of fused-ring (bicyclic) bond motifs is 1. The zero-order valence-corrected chi connectivity index (χ0v) is 18.1. The van der Waals surface area contributed by atoms with E-state index in [1.807, 2.05) is 0 Å². The monoisotopic (exact) mass is 387 g/mol. The Kier molecular flexibility index (Phi) is 7.18. The van der Waals surface area contributed by atoms with Gasteiger partial charge in [-0.1, -0.05) is 12.1 Å². The van der Waals surface area contributed by atoms with Gasteiger partial charge in [0.25, 0.3) is 0 Å². The maximum absolute atomic E-state index is 5.49. The summed E-state index contributed by atoms with van der Waals surface area (Å²) in [5.41, 5.74) is 4.17. The maximum atomic E-state index is 5.49. The Morgan fingerprint density at radius 2 is 1.96 bits per heavy atom. The number of aliphatic imine (C=N–C) groups is 1. The summed E-state index contributed by atoms with van der Waals surface area (Å²) in [4.78, 5) is 9.68. The molecule has 0 aliphatic carbocycles. The second-order valence-electron chi connectivity index (χ2n) is 8.45. The van der Waals surface area contributed by atoms with Gasteiger partial charge >= 0.3 is 0 Å². The Labute approximate surface area is 170 Å². The lowest BCUT2D eigenvalue weighted by Gasteiger charge is -2.41. The maximum Gasteiger partial charge on any atom is 0.191 e. The highest BCUT2D eigenvalue weighted by Gasteiger charge is 2.28. The van der Waals surface area contributed by atoms with Crippen LogP contribution in [0.15, 0.2) is 23.2 Å². The van der Waals surface area contributed by atoms with Gasteiger partial charge in [0.15, 0.2) is 5.96 Å². The summed E-state index contributed by atoms with van der Waals surface area (Å²) in [6.07, 6.45) is 2.40. The molecule has 1 saturated heterocycles. The van der Waals surface area contributed by atoms with Gasteiger partial charge in [-0.05, 0) is 50.8 Å². The van der Waals surface area contributed by atoms with Crippen LogP contribution >= 0.6 is 0 Å². The first kappa shape index (κ1) is 20.9. The van der Waals surface area contributed by atoms with Crippen LogP contribution in [0.1, 0.15) is 38.3 Å². The third kappa shape index (κ3) is 5.39. The molecule has 2 heterocycles. The van der Waals surface area contributed by atoms with Crippen molar-refractivity contribution in [3.63, 3.8) is 0 Å². The van der Waals surface area contributed by atoms with Crippen molar-refractivity contribution in [3.8, 4) is 0 Å². The van der Waals surface area contributed by atoms with Gasteiger partial charge in [-0.2, -0.15) is 0 Å². The molecule has 1 aromatic carbocycles. The second kappa shape index (κ2) is 9.61. The average Bonchev–Trinajstić information content (AvgIpc) is 2.71. The number of morpholine rings is 1. The SMILES string of the molecule is CCNC(=NCc1ccc2c(c1)CCCN2C)NCC(C)(C)N1CCOCC1. The number of aryl methyl sites for hydroxylation is 1. The van der Waals surface area contributed by atoms with Gasteiger partial charge in [-0.3, -0.25) is 4.90 Å². The van der Waals surface area contributed by atoms with E-state index in [1.165, 1.54) is 29.7 Å². The van der Waals surface area contributed by atoms with Crippen LogP contribution in [0.3, 0.4) is 0 Å². The van der Waals surface area contributed by atoms with Crippen LogP contribution in [-0.4, -0.2) is 69.4 Å². The zero-order valence-electron chi connectivity index (χ0n) is 18.1. The summed E-state index contributed by atoms with van der Waals surface area (Å²) in [7, 11) is 2.18. The minimum Gasteiger partial charge on any atom is -0.379 e. The third-order valence-corrected chi connectivity index (χ3v) is 5.81. The van der Waals surface area contributed by atoms with Crippen LogP contribution in [0, 0.1) is 0 Å². The number of nitrogens with one attached hydrogen (secondary N) is 2. The normalized spacial score (nSPS) is 18.7. The van der Waals surface area contributed by atoms with Crippen molar-refractivity contribution < 1.29 is 4.74 Å². The molecule has 0 saturated carbocycles. The number of hydrogen-bond acceptors (Lipinski definition) is 4. The number of guanidine groups is 1. The van der Waals surface area contributed by atoms with Gasteiger partial charge < -0.3 is 20.3 Å². The molecule has 0 spiro atoms. The van der Waals surface area contributed by atoms with Gasteiger partial charge in [-0.15, -0.1) is 0 Å². The van der Waals surface area contributed by atoms with Crippen molar-refractivity contribution in [2.75, 3.05) is 57.9 Å². The second-order valence-corrected chi connectivity index (χ2v) is 8.45. The first-order chi connectivity index (χ1) is 13.5. The van der Waals surface area contributed by atoms with Crippen molar-refractivity contribution in [1.82, 2.24) is 15.5 Å². The molecule has 3 rings (SSSR count). The highest BCUT2D eigenvalue weighted by atomic mass is 16.5.